The van der Waals surface area contributed by atoms with Crippen LogP contribution in [-0.4, -0.2) is 55.3 Å². The number of pyridine rings is 2. The van der Waals surface area contributed by atoms with E-state index in [4.69, 9.17) is 4.42 Å². The maximum atomic E-state index is 13.3. The summed E-state index contributed by atoms with van der Waals surface area (Å²) >= 11 is 0. The molecular weight excluding hydrogens is 478 g/mol. The Morgan fingerprint density at radius 3 is 2.72 bits per heavy atom. The molecule has 1 N–H and O–H groups in total. The highest BCUT2D eigenvalue weighted by Gasteiger charge is 2.41. The van der Waals surface area contributed by atoms with E-state index in [9.17, 15) is 13.2 Å². The van der Waals surface area contributed by atoms with Crippen molar-refractivity contribution in [1.82, 2.24) is 19.6 Å². The summed E-state index contributed by atoms with van der Waals surface area (Å²) < 4.78 is 33.4. The van der Waals surface area contributed by atoms with Gasteiger partial charge in [0, 0.05) is 56.6 Å². The fraction of sp³-hybridized carbons (Fsp3) is 0.269. The SMILES string of the molecule is CN(C)c1ccc(-c2cc(CNC(=O)[C@@H]3CCCN3S(=O)(=O)c3cc4ccccc4o3)ccn2)cn1. The third-order valence-corrected chi connectivity index (χ3v) is 8.03. The Bertz CT molecular complexity index is 1470. The Labute approximate surface area is 209 Å². The highest BCUT2D eigenvalue weighted by Crippen LogP contribution is 2.30. The maximum Gasteiger partial charge on any atom is 0.277 e. The molecule has 9 nitrogen and oxygen atoms in total. The Kier molecular flexibility index (Phi) is 6.46. The molecule has 0 radical (unpaired) electrons. The number of para-hydroxylation sites is 1. The summed E-state index contributed by atoms with van der Waals surface area (Å²) in [6.45, 7) is 0.527. The first-order valence-corrected chi connectivity index (χ1v) is 13.1. The minimum absolute atomic E-state index is 0.143. The molecule has 1 fully saturated rings. The van der Waals surface area contributed by atoms with E-state index in [1.807, 2.05) is 49.3 Å². The molecule has 1 amide bonds. The van der Waals surface area contributed by atoms with E-state index in [1.54, 1.807) is 30.6 Å². The van der Waals surface area contributed by atoms with Gasteiger partial charge in [-0.3, -0.25) is 9.78 Å². The Morgan fingerprint density at radius 2 is 1.97 bits per heavy atom. The first kappa shape index (κ1) is 24.0. The summed E-state index contributed by atoms with van der Waals surface area (Å²) in [6, 6.07) is 15.4. The molecule has 1 aromatic carbocycles. The molecule has 5 rings (SSSR count). The van der Waals surface area contributed by atoms with Gasteiger partial charge in [0.25, 0.3) is 10.0 Å². The van der Waals surface area contributed by atoms with Crippen molar-refractivity contribution in [1.29, 1.82) is 0 Å². The molecule has 10 heteroatoms. The molecule has 1 aliphatic heterocycles. The number of benzene rings is 1. The van der Waals surface area contributed by atoms with Crippen molar-refractivity contribution in [2.75, 3.05) is 25.5 Å². The number of aromatic nitrogens is 2. The van der Waals surface area contributed by atoms with E-state index in [1.165, 1.54) is 10.4 Å². The molecule has 1 saturated heterocycles. The predicted octanol–water partition coefficient (Wildman–Crippen LogP) is 3.43. The van der Waals surface area contributed by atoms with E-state index in [2.05, 4.69) is 15.3 Å². The normalized spacial score (nSPS) is 16.3. The van der Waals surface area contributed by atoms with Gasteiger partial charge in [0.05, 0.1) is 5.69 Å². The largest absolute Gasteiger partial charge is 0.443 e. The van der Waals surface area contributed by atoms with Gasteiger partial charge < -0.3 is 14.6 Å². The molecule has 4 heterocycles. The minimum Gasteiger partial charge on any atom is -0.443 e. The van der Waals surface area contributed by atoms with Crippen LogP contribution >= 0.6 is 0 Å². The molecule has 1 atom stereocenters. The third kappa shape index (κ3) is 4.69. The van der Waals surface area contributed by atoms with Gasteiger partial charge in [0.15, 0.2) is 0 Å². The van der Waals surface area contributed by atoms with E-state index in [0.717, 1.165) is 22.6 Å². The molecule has 3 aromatic heterocycles. The minimum atomic E-state index is -3.94. The van der Waals surface area contributed by atoms with E-state index in [-0.39, 0.29) is 24.1 Å². The quantitative estimate of drug-likeness (QED) is 0.410. The van der Waals surface area contributed by atoms with Crippen LogP contribution in [-0.2, 0) is 21.4 Å². The smallest absolute Gasteiger partial charge is 0.277 e. The third-order valence-electron chi connectivity index (χ3n) is 6.27. The van der Waals surface area contributed by atoms with Crippen LogP contribution in [0.25, 0.3) is 22.2 Å². The van der Waals surface area contributed by atoms with Crippen LogP contribution < -0.4 is 10.2 Å². The van der Waals surface area contributed by atoms with Crippen LogP contribution in [0.5, 0.6) is 0 Å². The van der Waals surface area contributed by atoms with Crippen molar-refractivity contribution in [3.05, 3.63) is 72.6 Å². The molecule has 36 heavy (non-hydrogen) atoms. The summed E-state index contributed by atoms with van der Waals surface area (Å²) in [4.78, 5) is 23.8. The van der Waals surface area contributed by atoms with Crippen molar-refractivity contribution < 1.29 is 17.6 Å². The van der Waals surface area contributed by atoms with Gasteiger partial charge in [0.2, 0.25) is 11.0 Å². The van der Waals surface area contributed by atoms with Crippen LogP contribution in [0.3, 0.4) is 0 Å². The van der Waals surface area contributed by atoms with E-state index >= 15 is 0 Å². The second kappa shape index (κ2) is 9.71. The van der Waals surface area contributed by atoms with Crippen molar-refractivity contribution in [2.24, 2.45) is 0 Å². The van der Waals surface area contributed by atoms with Gasteiger partial charge in [-0.25, -0.2) is 13.4 Å². The molecule has 186 valence electrons. The lowest BCUT2D eigenvalue weighted by atomic mass is 10.1. The number of sulfonamides is 1. The second-order valence-electron chi connectivity index (χ2n) is 8.94. The molecule has 0 saturated carbocycles. The average Bonchev–Trinajstić information content (AvgIpc) is 3.56. The van der Waals surface area contributed by atoms with Crippen LogP contribution in [0.2, 0.25) is 0 Å². The average molecular weight is 506 g/mol. The van der Waals surface area contributed by atoms with Crippen LogP contribution in [0.15, 0.2) is 76.5 Å². The van der Waals surface area contributed by atoms with Gasteiger partial charge in [-0.2, -0.15) is 4.31 Å². The Hall–Kier alpha value is -3.76. The first-order chi connectivity index (χ1) is 17.3. The molecule has 1 aliphatic rings. The topological polar surface area (TPSA) is 109 Å². The number of hydrogen-bond donors (Lipinski definition) is 1. The molecule has 0 unspecified atom stereocenters. The number of carbonyl (C=O) groups excluding carboxylic acids is 1. The summed E-state index contributed by atoms with van der Waals surface area (Å²) in [7, 11) is -0.0896. The van der Waals surface area contributed by atoms with Crippen molar-refractivity contribution in [3.63, 3.8) is 0 Å². The lowest BCUT2D eigenvalue weighted by Crippen LogP contribution is -2.45. The number of rotatable bonds is 7. The zero-order valence-corrected chi connectivity index (χ0v) is 20.9. The van der Waals surface area contributed by atoms with E-state index < -0.39 is 16.1 Å². The van der Waals surface area contributed by atoms with Gasteiger partial charge in [-0.1, -0.05) is 18.2 Å². The number of anilines is 1. The standard InChI is InChI=1S/C26H27N5O4S/c1-30(2)24-10-9-20(17-28-24)21-14-18(11-12-27-21)16-29-26(32)22-7-5-13-31(22)36(33,34)25-15-19-6-3-4-8-23(19)35-25/h3-4,6,8-12,14-15,17,22H,5,7,13,16H2,1-2H3,(H,29,32)/t22-/m0/s1. The molecule has 0 spiro atoms. The Morgan fingerprint density at radius 1 is 1.14 bits per heavy atom. The molecule has 4 aromatic rings. The number of hydrogen-bond acceptors (Lipinski definition) is 7. The fourth-order valence-electron chi connectivity index (χ4n) is 4.34. The lowest BCUT2D eigenvalue weighted by molar-refractivity contribution is -0.124. The highest BCUT2D eigenvalue weighted by molar-refractivity contribution is 7.89. The maximum absolute atomic E-state index is 13.3. The summed E-state index contributed by atoms with van der Waals surface area (Å²) in [5.41, 5.74) is 2.97. The number of fused-ring (bicyclic) bond motifs is 1. The Balaban J connectivity index is 1.28. The van der Waals surface area contributed by atoms with Gasteiger partial charge in [-0.15, -0.1) is 0 Å². The van der Waals surface area contributed by atoms with Gasteiger partial charge in [-0.05, 0) is 48.7 Å². The number of furan rings is 1. The van der Waals surface area contributed by atoms with Crippen molar-refractivity contribution >= 4 is 32.7 Å². The fourth-order valence-corrected chi connectivity index (χ4v) is 5.95. The highest BCUT2D eigenvalue weighted by atomic mass is 32.2. The number of nitrogens with zero attached hydrogens (tertiary/aromatic N) is 4. The van der Waals surface area contributed by atoms with Crippen LogP contribution in [0.1, 0.15) is 18.4 Å². The van der Waals surface area contributed by atoms with Crippen molar-refractivity contribution in [2.45, 2.75) is 30.5 Å². The van der Waals surface area contributed by atoms with Crippen LogP contribution in [0.4, 0.5) is 5.82 Å². The summed E-state index contributed by atoms with van der Waals surface area (Å²) in [6.07, 6.45) is 4.51. The zero-order chi connectivity index (χ0) is 25.3. The summed E-state index contributed by atoms with van der Waals surface area (Å²) in [5, 5.41) is 3.46. The lowest BCUT2D eigenvalue weighted by Gasteiger charge is -2.22. The molecule has 0 bridgehead atoms. The predicted molar refractivity (Wildman–Crippen MR) is 137 cm³/mol. The monoisotopic (exact) mass is 505 g/mol. The molecule has 0 aliphatic carbocycles. The van der Waals surface area contributed by atoms with Gasteiger partial charge >= 0.3 is 0 Å². The molecular formula is C26H27N5O4S. The van der Waals surface area contributed by atoms with Crippen molar-refractivity contribution in [3.8, 4) is 11.3 Å². The zero-order valence-electron chi connectivity index (χ0n) is 20.1. The number of nitrogens with one attached hydrogen (secondary N) is 1. The van der Waals surface area contributed by atoms with Crippen LogP contribution in [0, 0.1) is 0 Å². The number of amides is 1. The first-order valence-electron chi connectivity index (χ1n) is 11.7. The van der Waals surface area contributed by atoms with Gasteiger partial charge in [0.1, 0.15) is 17.4 Å². The summed E-state index contributed by atoms with van der Waals surface area (Å²) in [5.74, 6) is 0.517. The second-order valence-corrected chi connectivity index (χ2v) is 10.8. The number of carbonyl (C=O) groups is 1. The van der Waals surface area contributed by atoms with E-state index in [0.29, 0.717) is 23.8 Å².